The van der Waals surface area contributed by atoms with Gasteiger partial charge in [0.2, 0.25) is 0 Å². The summed E-state index contributed by atoms with van der Waals surface area (Å²) in [5.41, 5.74) is 1.13. The monoisotopic (exact) mass is 281 g/mol. The van der Waals surface area contributed by atoms with Crippen molar-refractivity contribution in [3.05, 3.63) is 29.8 Å². The molecular weight excluding hydrogens is 254 g/mol. The van der Waals surface area contributed by atoms with Crippen LogP contribution in [0.25, 0.3) is 0 Å². The van der Waals surface area contributed by atoms with Crippen LogP contribution >= 0.6 is 0 Å². The van der Waals surface area contributed by atoms with Gasteiger partial charge in [-0.3, -0.25) is 0 Å². The van der Waals surface area contributed by atoms with E-state index in [2.05, 4.69) is 19.2 Å². The molecule has 0 aliphatic heterocycles. The Morgan fingerprint density at radius 3 is 2.75 bits per heavy atom. The van der Waals surface area contributed by atoms with E-state index in [1.165, 1.54) is 0 Å². The summed E-state index contributed by atoms with van der Waals surface area (Å²) in [6, 6.07) is 7.95. The summed E-state index contributed by atoms with van der Waals surface area (Å²) in [4.78, 5) is 0. The summed E-state index contributed by atoms with van der Waals surface area (Å²) < 4.78 is 16.3. The molecule has 4 nitrogen and oxygen atoms in total. The van der Waals surface area contributed by atoms with Gasteiger partial charge in [-0.2, -0.15) is 0 Å². The van der Waals surface area contributed by atoms with Gasteiger partial charge in [-0.15, -0.1) is 0 Å². The first kappa shape index (κ1) is 17.0. The number of rotatable bonds is 11. The molecular formula is C16H27NO3. The molecule has 0 spiro atoms. The van der Waals surface area contributed by atoms with Crippen LogP contribution in [0.5, 0.6) is 5.75 Å². The van der Waals surface area contributed by atoms with Crippen molar-refractivity contribution in [3.63, 3.8) is 0 Å². The fourth-order valence-corrected chi connectivity index (χ4v) is 1.74. The molecule has 0 aliphatic carbocycles. The molecule has 1 rings (SSSR count). The fraction of sp³-hybridized carbons (Fsp3) is 0.625. The van der Waals surface area contributed by atoms with Gasteiger partial charge in [0.1, 0.15) is 5.75 Å². The van der Waals surface area contributed by atoms with E-state index in [1.807, 2.05) is 24.3 Å². The van der Waals surface area contributed by atoms with Gasteiger partial charge in [-0.05, 0) is 44.5 Å². The van der Waals surface area contributed by atoms with E-state index in [0.717, 1.165) is 37.4 Å². The maximum atomic E-state index is 5.61. The maximum absolute atomic E-state index is 5.61. The number of hydrogen-bond acceptors (Lipinski definition) is 4. The molecule has 0 aromatic heterocycles. The largest absolute Gasteiger partial charge is 0.497 e. The molecule has 4 heteroatoms. The lowest BCUT2D eigenvalue weighted by Crippen LogP contribution is -2.22. The van der Waals surface area contributed by atoms with Crippen LogP contribution in [0.3, 0.4) is 0 Å². The first-order chi connectivity index (χ1) is 9.72. The van der Waals surface area contributed by atoms with E-state index in [0.29, 0.717) is 19.3 Å². The van der Waals surface area contributed by atoms with Crippen molar-refractivity contribution in [3.8, 4) is 5.75 Å². The second kappa shape index (κ2) is 10.7. The minimum absolute atomic E-state index is 0.321. The predicted molar refractivity (Wildman–Crippen MR) is 81.2 cm³/mol. The van der Waals surface area contributed by atoms with Crippen LogP contribution in [0.1, 0.15) is 25.8 Å². The van der Waals surface area contributed by atoms with Crippen LogP contribution in [-0.4, -0.2) is 39.5 Å². The topological polar surface area (TPSA) is 39.7 Å². The van der Waals surface area contributed by atoms with E-state index in [4.69, 9.17) is 14.2 Å². The molecule has 0 heterocycles. The Kier molecular flexibility index (Phi) is 9.04. The Hall–Kier alpha value is -1.10. The molecule has 1 N–H and O–H groups in total. The maximum Gasteiger partial charge on any atom is 0.119 e. The molecule has 0 radical (unpaired) electrons. The Bertz CT molecular complexity index is 355. The summed E-state index contributed by atoms with van der Waals surface area (Å²) >= 11 is 0. The Morgan fingerprint density at radius 2 is 2.00 bits per heavy atom. The Labute approximate surface area is 122 Å². The molecule has 114 valence electrons. The van der Waals surface area contributed by atoms with Crippen LogP contribution in [-0.2, 0) is 16.1 Å². The number of methoxy groups -OCH3 is 1. The standard InChI is InChI=1S/C16H27NO3/c1-14(2)20-10-5-8-17-9-11-19-13-15-6-4-7-16(12-15)18-3/h4,6-7,12,14,17H,5,8-11,13H2,1-3H3. The second-order valence-corrected chi connectivity index (χ2v) is 4.93. The average Bonchev–Trinajstić information content (AvgIpc) is 2.45. The third kappa shape index (κ3) is 8.15. The predicted octanol–water partition coefficient (Wildman–Crippen LogP) is 2.62. The van der Waals surface area contributed by atoms with E-state index < -0.39 is 0 Å². The van der Waals surface area contributed by atoms with Crippen molar-refractivity contribution in [2.45, 2.75) is 33.0 Å². The van der Waals surface area contributed by atoms with Gasteiger partial charge in [-0.25, -0.2) is 0 Å². The number of hydrogen-bond donors (Lipinski definition) is 1. The quantitative estimate of drug-likeness (QED) is 0.633. The van der Waals surface area contributed by atoms with Gasteiger partial charge in [0, 0.05) is 13.2 Å². The van der Waals surface area contributed by atoms with Crippen molar-refractivity contribution >= 4 is 0 Å². The Balaban J connectivity index is 1.96. The van der Waals surface area contributed by atoms with E-state index in [-0.39, 0.29) is 0 Å². The summed E-state index contributed by atoms with van der Waals surface area (Å²) in [6.45, 7) is 8.09. The smallest absolute Gasteiger partial charge is 0.119 e. The number of ether oxygens (including phenoxy) is 3. The molecule has 0 fully saturated rings. The lowest BCUT2D eigenvalue weighted by molar-refractivity contribution is 0.0761. The summed E-state index contributed by atoms with van der Waals surface area (Å²) in [6.07, 6.45) is 1.36. The average molecular weight is 281 g/mol. The SMILES string of the molecule is COc1cccc(COCCNCCCOC(C)C)c1. The lowest BCUT2D eigenvalue weighted by atomic mass is 10.2. The van der Waals surface area contributed by atoms with Crippen LogP contribution in [0.2, 0.25) is 0 Å². The third-order valence-electron chi connectivity index (χ3n) is 2.78. The van der Waals surface area contributed by atoms with Crippen LogP contribution < -0.4 is 10.1 Å². The highest BCUT2D eigenvalue weighted by Crippen LogP contribution is 2.12. The van der Waals surface area contributed by atoms with Gasteiger partial charge in [0.05, 0.1) is 26.4 Å². The molecule has 0 aliphatic rings. The third-order valence-corrected chi connectivity index (χ3v) is 2.78. The van der Waals surface area contributed by atoms with Crippen LogP contribution in [0, 0.1) is 0 Å². The molecule has 0 saturated heterocycles. The Morgan fingerprint density at radius 1 is 1.15 bits per heavy atom. The molecule has 0 atom stereocenters. The van der Waals surface area contributed by atoms with Gasteiger partial charge in [0.15, 0.2) is 0 Å². The van der Waals surface area contributed by atoms with Crippen LogP contribution in [0.15, 0.2) is 24.3 Å². The molecule has 0 amide bonds. The number of benzene rings is 1. The highest BCUT2D eigenvalue weighted by Gasteiger charge is 1.96. The van der Waals surface area contributed by atoms with Gasteiger partial charge >= 0.3 is 0 Å². The van der Waals surface area contributed by atoms with Crippen molar-refractivity contribution in [2.75, 3.05) is 33.4 Å². The zero-order valence-corrected chi connectivity index (χ0v) is 12.9. The molecule has 1 aromatic carbocycles. The van der Waals surface area contributed by atoms with Gasteiger partial charge < -0.3 is 19.5 Å². The lowest BCUT2D eigenvalue weighted by Gasteiger charge is -2.09. The summed E-state index contributed by atoms with van der Waals surface area (Å²) in [5.74, 6) is 0.870. The highest BCUT2D eigenvalue weighted by molar-refractivity contribution is 5.27. The number of nitrogens with one attached hydrogen (secondary N) is 1. The molecule has 20 heavy (non-hydrogen) atoms. The molecule has 0 saturated carbocycles. The van der Waals surface area contributed by atoms with E-state index >= 15 is 0 Å². The first-order valence-corrected chi connectivity index (χ1v) is 7.25. The van der Waals surface area contributed by atoms with Gasteiger partial charge in [0.25, 0.3) is 0 Å². The van der Waals surface area contributed by atoms with Gasteiger partial charge in [-0.1, -0.05) is 12.1 Å². The zero-order valence-electron chi connectivity index (χ0n) is 12.9. The minimum atomic E-state index is 0.321. The van der Waals surface area contributed by atoms with Crippen LogP contribution in [0.4, 0.5) is 0 Å². The van der Waals surface area contributed by atoms with Crippen molar-refractivity contribution in [2.24, 2.45) is 0 Å². The highest BCUT2D eigenvalue weighted by atomic mass is 16.5. The molecule has 0 unspecified atom stereocenters. The first-order valence-electron chi connectivity index (χ1n) is 7.25. The summed E-state index contributed by atoms with van der Waals surface area (Å²) in [5, 5.41) is 3.34. The van der Waals surface area contributed by atoms with Crippen molar-refractivity contribution in [1.29, 1.82) is 0 Å². The zero-order chi connectivity index (χ0) is 14.6. The normalized spacial score (nSPS) is 11.0. The molecule has 1 aromatic rings. The molecule has 0 bridgehead atoms. The minimum Gasteiger partial charge on any atom is -0.497 e. The fourth-order valence-electron chi connectivity index (χ4n) is 1.74. The van der Waals surface area contributed by atoms with Crippen molar-refractivity contribution in [1.82, 2.24) is 5.32 Å². The second-order valence-electron chi connectivity index (χ2n) is 4.93. The van der Waals surface area contributed by atoms with Crippen molar-refractivity contribution < 1.29 is 14.2 Å². The van der Waals surface area contributed by atoms with E-state index in [9.17, 15) is 0 Å². The van der Waals surface area contributed by atoms with E-state index in [1.54, 1.807) is 7.11 Å². The summed E-state index contributed by atoms with van der Waals surface area (Å²) in [7, 11) is 1.67.